The molecule has 8 rings (SSSR count). The molecule has 0 amide bonds. The molecule has 37 heavy (non-hydrogen) atoms. The van der Waals surface area contributed by atoms with E-state index in [2.05, 4.69) is 9.97 Å². The number of allylic oxidation sites excluding steroid dienone is 1. The predicted molar refractivity (Wildman–Crippen MR) is 136 cm³/mol. The van der Waals surface area contributed by atoms with Crippen molar-refractivity contribution >= 4 is 52.4 Å². The molecule has 0 bridgehead atoms. The molecule has 0 aliphatic carbocycles. The Morgan fingerprint density at radius 3 is 2.27 bits per heavy atom. The first-order chi connectivity index (χ1) is 18.0. The molecule has 2 aliphatic rings. The van der Waals surface area contributed by atoms with E-state index < -0.39 is 12.8 Å². The van der Waals surface area contributed by atoms with Gasteiger partial charge in [-0.2, -0.15) is 0 Å². The number of halogens is 3. The minimum atomic E-state index is -4.35. The van der Waals surface area contributed by atoms with E-state index in [1.165, 1.54) is 34.8 Å². The Morgan fingerprint density at radius 2 is 1.59 bits per heavy atom. The number of nitrogens with zero attached hydrogens (tertiary/aromatic N) is 4. The molecule has 0 unspecified atom stereocenters. The molecule has 5 aromatic heterocycles. The van der Waals surface area contributed by atoms with Gasteiger partial charge in [0.25, 0.3) is 0 Å². The van der Waals surface area contributed by atoms with E-state index in [1.807, 2.05) is 0 Å². The highest BCUT2D eigenvalue weighted by Gasteiger charge is 2.54. The van der Waals surface area contributed by atoms with E-state index in [9.17, 15) is 4.39 Å². The summed E-state index contributed by atoms with van der Waals surface area (Å²) in [6.07, 6.45) is 4.90. The van der Waals surface area contributed by atoms with Gasteiger partial charge in [0.1, 0.15) is 17.2 Å². The molecular weight excluding hydrogens is 520 g/mol. The van der Waals surface area contributed by atoms with Gasteiger partial charge in [-0.25, -0.2) is 4.39 Å². The summed E-state index contributed by atoms with van der Waals surface area (Å²) in [6.45, 7) is -4.35. The zero-order chi connectivity index (χ0) is 24.9. The minimum Gasteiger partial charge on any atom is -0.454 e. The topological polar surface area (TPSA) is 60.0 Å². The van der Waals surface area contributed by atoms with E-state index in [1.54, 1.807) is 59.8 Å². The highest BCUT2D eigenvalue weighted by Crippen LogP contribution is 2.42. The molecule has 2 aliphatic heterocycles. The van der Waals surface area contributed by atoms with Gasteiger partial charge in [-0.3, -0.25) is 9.97 Å². The van der Waals surface area contributed by atoms with Crippen molar-refractivity contribution < 1.29 is 21.9 Å². The summed E-state index contributed by atoms with van der Waals surface area (Å²) in [6, 6.07) is 10.7. The number of thiazole rings is 2. The normalized spacial score (nSPS) is 15.7. The molecule has 0 saturated heterocycles. The third-order valence-electron chi connectivity index (χ3n) is 6.67. The number of aromatic nitrogens is 3. The van der Waals surface area contributed by atoms with E-state index in [0.717, 1.165) is 18.7 Å². The Labute approximate surface area is 213 Å². The summed E-state index contributed by atoms with van der Waals surface area (Å²) in [5.74, 6) is 0.528. The summed E-state index contributed by atoms with van der Waals surface area (Å²) < 4.78 is 61.0. The van der Waals surface area contributed by atoms with Crippen LogP contribution in [-0.2, 0) is 0 Å². The lowest BCUT2D eigenvalue weighted by molar-refractivity contribution is 0.513. The molecule has 0 radical (unpaired) electrons. The molecular formula is C25H12BF3N4O2S2. The van der Waals surface area contributed by atoms with Crippen LogP contribution in [0.4, 0.5) is 13.0 Å². The van der Waals surface area contributed by atoms with Crippen molar-refractivity contribution in [2.75, 3.05) is 0 Å². The Balaban J connectivity index is 1.46. The molecule has 180 valence electrons. The van der Waals surface area contributed by atoms with Crippen molar-refractivity contribution in [3.05, 3.63) is 99.4 Å². The Hall–Kier alpha value is -4.16. The fraction of sp³-hybridized carbons (Fsp3) is 0. The smallest absolute Gasteiger partial charge is 0.454 e. The maximum absolute atomic E-state index is 16.6. The molecule has 7 heterocycles. The second-order valence-corrected chi connectivity index (χ2v) is 10.5. The SMILES string of the molecule is Fc1ccc(C2=C3C=c4oc(-c5cncs5)cc4=[N+]3[B-](F)(F)n3c2cc2oc(-c4cncs4)cc23)cc1. The van der Waals surface area contributed by atoms with Crippen LogP contribution in [0.5, 0.6) is 0 Å². The molecule has 6 aromatic rings. The van der Waals surface area contributed by atoms with Crippen LogP contribution >= 0.6 is 22.7 Å². The summed E-state index contributed by atoms with van der Waals surface area (Å²) in [7, 11) is 0. The monoisotopic (exact) mass is 532 g/mol. The summed E-state index contributed by atoms with van der Waals surface area (Å²) in [5, 5.41) is 0.265. The number of benzene rings is 1. The van der Waals surface area contributed by atoms with E-state index in [4.69, 9.17) is 8.83 Å². The first-order valence-corrected chi connectivity index (χ1v) is 13.0. The average Bonchev–Trinajstić information content (AvgIpc) is 3.68. The van der Waals surface area contributed by atoms with E-state index in [0.29, 0.717) is 33.7 Å². The van der Waals surface area contributed by atoms with E-state index >= 15 is 8.63 Å². The van der Waals surface area contributed by atoms with Crippen molar-refractivity contribution in [3.63, 3.8) is 0 Å². The fourth-order valence-electron chi connectivity index (χ4n) is 5.15. The maximum atomic E-state index is 16.6. The third kappa shape index (κ3) is 2.85. The largest absolute Gasteiger partial charge is 0.738 e. The van der Waals surface area contributed by atoms with Crippen molar-refractivity contribution in [3.8, 4) is 21.3 Å². The second-order valence-electron chi connectivity index (χ2n) is 8.72. The molecule has 0 spiro atoms. The molecule has 0 saturated carbocycles. The Kier molecular flexibility index (Phi) is 4.09. The summed E-state index contributed by atoms with van der Waals surface area (Å²) in [5.41, 5.74) is 5.96. The standard InChI is InChI=1S/C25H12BF3N4O2S2/c27-14-3-1-13(2-4-14)25-17-7-19-15(5-21(34-19)23-9-30-11-36-23)32(17)26(28,29)33-16-6-22(24-10-31-12-37-24)35-20(16)8-18(25)33/h1-12H. The lowest BCUT2D eigenvalue weighted by Crippen LogP contribution is -2.56. The van der Waals surface area contributed by atoms with Crippen LogP contribution in [0.1, 0.15) is 11.3 Å². The Bertz CT molecular complexity index is 2020. The zero-order valence-corrected chi connectivity index (χ0v) is 20.2. The first-order valence-electron chi connectivity index (χ1n) is 11.2. The van der Waals surface area contributed by atoms with Gasteiger partial charge in [-0.1, -0.05) is 12.1 Å². The van der Waals surface area contributed by atoms with Crippen molar-refractivity contribution in [2.45, 2.75) is 0 Å². The first kappa shape index (κ1) is 21.0. The number of rotatable bonds is 3. The van der Waals surface area contributed by atoms with Crippen LogP contribution in [0.25, 0.3) is 44.0 Å². The predicted octanol–water partition coefficient (Wildman–Crippen LogP) is 5.19. The summed E-state index contributed by atoms with van der Waals surface area (Å²) in [4.78, 5) is 9.61. The summed E-state index contributed by atoms with van der Waals surface area (Å²) >= 11 is 2.73. The van der Waals surface area contributed by atoms with Crippen LogP contribution < -0.4 is 15.3 Å². The number of hydrogen-bond donors (Lipinski definition) is 0. The van der Waals surface area contributed by atoms with Crippen LogP contribution in [0, 0.1) is 5.82 Å². The van der Waals surface area contributed by atoms with Crippen molar-refractivity contribution in [1.29, 1.82) is 0 Å². The highest BCUT2D eigenvalue weighted by atomic mass is 32.1. The van der Waals surface area contributed by atoms with Crippen molar-refractivity contribution in [1.82, 2.24) is 18.9 Å². The van der Waals surface area contributed by atoms with Gasteiger partial charge in [-0.05, 0) is 17.7 Å². The molecule has 1 aromatic carbocycles. The van der Waals surface area contributed by atoms with Crippen LogP contribution in [-0.4, -0.2) is 21.4 Å². The Morgan fingerprint density at radius 1 is 0.892 bits per heavy atom. The van der Waals surface area contributed by atoms with Gasteiger partial charge in [0.2, 0.25) is 5.36 Å². The van der Waals surface area contributed by atoms with Gasteiger partial charge >= 0.3 is 6.97 Å². The van der Waals surface area contributed by atoms with E-state index in [-0.39, 0.29) is 22.3 Å². The van der Waals surface area contributed by atoms with Gasteiger partial charge < -0.3 is 26.4 Å². The number of hydrogen-bond acceptors (Lipinski definition) is 6. The van der Waals surface area contributed by atoms with Gasteiger partial charge in [-0.15, -0.1) is 22.7 Å². The van der Waals surface area contributed by atoms with Crippen LogP contribution in [0.15, 0.2) is 80.4 Å². The van der Waals surface area contributed by atoms with Gasteiger partial charge in [0.05, 0.1) is 44.0 Å². The van der Waals surface area contributed by atoms with Gasteiger partial charge in [0.15, 0.2) is 16.9 Å². The highest BCUT2D eigenvalue weighted by molar-refractivity contribution is 7.13. The third-order valence-corrected chi connectivity index (χ3v) is 8.25. The minimum absolute atomic E-state index is 0.265. The quantitative estimate of drug-likeness (QED) is 0.295. The molecule has 6 nitrogen and oxygen atoms in total. The van der Waals surface area contributed by atoms with Gasteiger partial charge in [0, 0.05) is 30.2 Å². The average molecular weight is 532 g/mol. The fourth-order valence-corrected chi connectivity index (χ4v) is 6.30. The van der Waals surface area contributed by atoms with Crippen LogP contribution in [0.2, 0.25) is 0 Å². The maximum Gasteiger partial charge on any atom is 0.738 e. The molecule has 0 N–H and O–H groups in total. The lowest BCUT2D eigenvalue weighted by atomic mass is 9.86. The lowest BCUT2D eigenvalue weighted by Gasteiger charge is -2.31. The van der Waals surface area contributed by atoms with Crippen molar-refractivity contribution in [2.24, 2.45) is 0 Å². The molecule has 0 fully saturated rings. The second kappa shape index (κ2) is 7.21. The van der Waals surface area contributed by atoms with Crippen LogP contribution in [0.3, 0.4) is 0 Å². The zero-order valence-electron chi connectivity index (χ0n) is 18.6. The number of fused-ring (bicyclic) bond motifs is 5. The molecule has 0 atom stereocenters. The number of furan rings is 2. The molecule has 12 heteroatoms.